The molecule has 2 saturated heterocycles. The van der Waals surface area contributed by atoms with E-state index in [1.165, 1.54) is 6.42 Å². The molecule has 1 N–H and O–H groups in total. The Hall–Kier alpha value is -1.14. The highest BCUT2D eigenvalue weighted by molar-refractivity contribution is 5.82. The molecule has 2 aliphatic heterocycles. The third kappa shape index (κ3) is 5.18. The van der Waals surface area contributed by atoms with Gasteiger partial charge >= 0.3 is 0 Å². The van der Waals surface area contributed by atoms with Crippen molar-refractivity contribution < 1.29 is 9.59 Å². The minimum atomic E-state index is 0.00704. The van der Waals surface area contributed by atoms with Gasteiger partial charge in [0.2, 0.25) is 11.8 Å². The molecule has 6 nitrogen and oxygen atoms in total. The van der Waals surface area contributed by atoms with Gasteiger partial charge in [-0.15, -0.1) is 0 Å². The van der Waals surface area contributed by atoms with Gasteiger partial charge in [-0.2, -0.15) is 0 Å². The number of rotatable bonds is 5. The van der Waals surface area contributed by atoms with Crippen molar-refractivity contribution in [1.29, 1.82) is 0 Å². The zero-order valence-corrected chi connectivity index (χ0v) is 14.7. The van der Waals surface area contributed by atoms with Crippen LogP contribution in [0.2, 0.25) is 0 Å². The van der Waals surface area contributed by atoms with Gasteiger partial charge in [0.25, 0.3) is 0 Å². The number of hydrogen-bond acceptors (Lipinski definition) is 4. The monoisotopic (exact) mass is 324 g/mol. The van der Waals surface area contributed by atoms with Crippen molar-refractivity contribution in [2.24, 2.45) is 0 Å². The lowest BCUT2D eigenvalue weighted by Crippen LogP contribution is -2.49. The highest BCUT2D eigenvalue weighted by Gasteiger charge is 2.27. The van der Waals surface area contributed by atoms with Crippen molar-refractivity contribution in [1.82, 2.24) is 20.0 Å². The van der Waals surface area contributed by atoms with Gasteiger partial charge in [0.15, 0.2) is 0 Å². The molecule has 0 radical (unpaired) electrons. The van der Waals surface area contributed by atoms with Crippen molar-refractivity contribution in [2.75, 3.05) is 52.4 Å². The Kier molecular flexibility index (Phi) is 7.30. The molecule has 2 amide bonds. The quantitative estimate of drug-likeness (QED) is 0.802. The smallest absolute Gasteiger partial charge is 0.239 e. The molecule has 23 heavy (non-hydrogen) atoms. The molecule has 132 valence electrons. The van der Waals surface area contributed by atoms with Gasteiger partial charge in [0.1, 0.15) is 0 Å². The maximum absolute atomic E-state index is 12.6. The first kappa shape index (κ1) is 18.2. The largest absolute Gasteiger partial charge is 0.342 e. The molecule has 0 aliphatic carbocycles. The molecule has 0 bridgehead atoms. The second-order valence-corrected chi connectivity index (χ2v) is 6.52. The van der Waals surface area contributed by atoms with E-state index in [0.29, 0.717) is 6.54 Å². The third-order valence-electron chi connectivity index (χ3n) is 4.98. The Morgan fingerprint density at radius 1 is 1.04 bits per heavy atom. The predicted octanol–water partition coefficient (Wildman–Crippen LogP) is 0.531. The summed E-state index contributed by atoms with van der Waals surface area (Å²) in [5, 5.41) is 3.34. The molecule has 1 unspecified atom stereocenters. The standard InChI is InChI=1S/C17H32N4O2/c1-3-20(4-2)16(22)14-19-10-7-11-21(13-12-19)17(23)15-8-5-6-9-18-15/h15,18H,3-14H2,1-2H3. The number of nitrogens with zero attached hydrogens (tertiary/aromatic N) is 3. The minimum absolute atomic E-state index is 0.00704. The summed E-state index contributed by atoms with van der Waals surface area (Å²) in [6.07, 6.45) is 4.22. The van der Waals surface area contributed by atoms with Crippen molar-refractivity contribution in [2.45, 2.75) is 45.6 Å². The van der Waals surface area contributed by atoms with Crippen LogP contribution < -0.4 is 5.32 Å². The van der Waals surface area contributed by atoms with Gasteiger partial charge in [-0.05, 0) is 39.7 Å². The summed E-state index contributed by atoms with van der Waals surface area (Å²) >= 11 is 0. The molecule has 0 aromatic rings. The van der Waals surface area contributed by atoms with Gasteiger partial charge in [-0.1, -0.05) is 6.42 Å². The zero-order chi connectivity index (χ0) is 16.7. The molecule has 6 heteroatoms. The number of carbonyl (C=O) groups is 2. The van der Waals surface area contributed by atoms with Gasteiger partial charge < -0.3 is 15.1 Å². The highest BCUT2D eigenvalue weighted by Crippen LogP contribution is 2.12. The van der Waals surface area contributed by atoms with E-state index in [1.54, 1.807) is 0 Å². The van der Waals surface area contributed by atoms with E-state index < -0.39 is 0 Å². The fourth-order valence-corrected chi connectivity index (χ4v) is 3.50. The van der Waals surface area contributed by atoms with Crippen molar-refractivity contribution in [3.63, 3.8) is 0 Å². The van der Waals surface area contributed by atoms with Gasteiger partial charge in [-0.25, -0.2) is 0 Å². The van der Waals surface area contributed by atoms with E-state index in [4.69, 9.17) is 0 Å². The van der Waals surface area contributed by atoms with Crippen molar-refractivity contribution in [3.8, 4) is 0 Å². The van der Waals surface area contributed by atoms with Crippen LogP contribution in [-0.4, -0.2) is 84.9 Å². The summed E-state index contributed by atoms with van der Waals surface area (Å²) in [5.74, 6) is 0.449. The first-order chi connectivity index (χ1) is 11.2. The predicted molar refractivity (Wildman–Crippen MR) is 91.2 cm³/mol. The Bertz CT molecular complexity index is 392. The molecule has 0 aromatic heterocycles. The lowest BCUT2D eigenvalue weighted by molar-refractivity contribution is -0.133. The minimum Gasteiger partial charge on any atom is -0.342 e. The van der Waals surface area contributed by atoms with Crippen molar-refractivity contribution >= 4 is 11.8 Å². The van der Waals surface area contributed by atoms with E-state index >= 15 is 0 Å². The first-order valence-electron chi connectivity index (χ1n) is 9.18. The summed E-state index contributed by atoms with van der Waals surface area (Å²) in [4.78, 5) is 30.9. The maximum Gasteiger partial charge on any atom is 0.239 e. The molecule has 1 atom stereocenters. The summed E-state index contributed by atoms with van der Waals surface area (Å²) in [5.41, 5.74) is 0. The summed E-state index contributed by atoms with van der Waals surface area (Å²) in [6.45, 7) is 10.2. The molecule has 0 saturated carbocycles. The Labute approximate surface area is 140 Å². The second kappa shape index (κ2) is 9.23. The molecule has 2 heterocycles. The Morgan fingerprint density at radius 2 is 1.83 bits per heavy atom. The van der Waals surface area contributed by atoms with Crippen LogP contribution in [0.1, 0.15) is 39.5 Å². The lowest BCUT2D eigenvalue weighted by Gasteiger charge is -2.29. The van der Waals surface area contributed by atoms with Crippen LogP contribution >= 0.6 is 0 Å². The summed E-state index contributed by atoms with van der Waals surface area (Å²) < 4.78 is 0. The number of piperidine rings is 1. The van der Waals surface area contributed by atoms with Gasteiger partial charge in [0, 0.05) is 39.3 Å². The summed E-state index contributed by atoms with van der Waals surface area (Å²) in [6, 6.07) is 0.00704. The van der Waals surface area contributed by atoms with Crippen LogP contribution in [0.3, 0.4) is 0 Å². The topological polar surface area (TPSA) is 55.9 Å². The van der Waals surface area contributed by atoms with Crippen LogP contribution in [0.15, 0.2) is 0 Å². The van der Waals surface area contributed by atoms with Crippen LogP contribution in [0.25, 0.3) is 0 Å². The number of amides is 2. The molecule has 0 spiro atoms. The normalized spacial score (nSPS) is 23.4. The second-order valence-electron chi connectivity index (χ2n) is 6.52. The number of hydrogen-bond donors (Lipinski definition) is 1. The molecule has 2 fully saturated rings. The molecular weight excluding hydrogens is 292 g/mol. The van der Waals surface area contributed by atoms with Crippen LogP contribution in [0.4, 0.5) is 0 Å². The van der Waals surface area contributed by atoms with E-state index in [9.17, 15) is 9.59 Å². The van der Waals surface area contributed by atoms with Crippen LogP contribution in [0.5, 0.6) is 0 Å². The number of likely N-dealkylation sites (N-methyl/N-ethyl adjacent to an activating group) is 1. The average Bonchev–Trinajstić information content (AvgIpc) is 2.82. The Morgan fingerprint density at radius 3 is 2.48 bits per heavy atom. The lowest BCUT2D eigenvalue weighted by atomic mass is 10.0. The molecular formula is C17H32N4O2. The fourth-order valence-electron chi connectivity index (χ4n) is 3.50. The van der Waals surface area contributed by atoms with E-state index in [1.807, 2.05) is 23.6 Å². The number of nitrogens with one attached hydrogen (secondary N) is 1. The number of carbonyl (C=O) groups excluding carboxylic acids is 2. The van der Waals surface area contributed by atoms with E-state index in [0.717, 1.165) is 65.1 Å². The third-order valence-corrected chi connectivity index (χ3v) is 4.98. The van der Waals surface area contributed by atoms with Crippen LogP contribution in [-0.2, 0) is 9.59 Å². The molecule has 2 aliphatic rings. The highest BCUT2D eigenvalue weighted by atomic mass is 16.2. The molecule has 2 rings (SSSR count). The van der Waals surface area contributed by atoms with Gasteiger partial charge in [0.05, 0.1) is 12.6 Å². The van der Waals surface area contributed by atoms with Crippen molar-refractivity contribution in [3.05, 3.63) is 0 Å². The van der Waals surface area contributed by atoms with Gasteiger partial charge in [-0.3, -0.25) is 14.5 Å². The first-order valence-corrected chi connectivity index (χ1v) is 9.18. The fraction of sp³-hybridized carbons (Fsp3) is 0.882. The Balaban J connectivity index is 1.82. The van der Waals surface area contributed by atoms with E-state index in [2.05, 4.69) is 10.2 Å². The SMILES string of the molecule is CCN(CC)C(=O)CN1CCCN(C(=O)C2CCCCN2)CC1. The van der Waals surface area contributed by atoms with E-state index in [-0.39, 0.29) is 17.9 Å². The summed E-state index contributed by atoms with van der Waals surface area (Å²) in [7, 11) is 0. The average molecular weight is 324 g/mol. The molecule has 0 aromatic carbocycles. The maximum atomic E-state index is 12.6. The zero-order valence-electron chi connectivity index (χ0n) is 14.7. The van der Waals surface area contributed by atoms with Crippen LogP contribution in [0, 0.1) is 0 Å².